The minimum Gasteiger partial charge on any atom is -0.478 e. The normalized spacial score (nSPS) is 23.3. The highest BCUT2D eigenvalue weighted by atomic mass is 16.4. The molecular weight excluding hydrogens is 266 g/mol. The predicted octanol–water partition coefficient (Wildman–Crippen LogP) is 3.23. The highest BCUT2D eigenvalue weighted by molar-refractivity contribution is 5.89. The molecule has 4 nitrogen and oxygen atoms in total. The van der Waals surface area contributed by atoms with Crippen LogP contribution in [0.25, 0.3) is 0 Å². The Kier molecular flexibility index (Phi) is 5.62. The summed E-state index contributed by atoms with van der Waals surface area (Å²) >= 11 is 0. The molecular formula is C17H25NO3. The zero-order valence-electron chi connectivity index (χ0n) is 12.4. The van der Waals surface area contributed by atoms with Gasteiger partial charge in [-0.1, -0.05) is 25.7 Å². The van der Waals surface area contributed by atoms with Crippen LogP contribution in [-0.4, -0.2) is 22.3 Å². The largest absolute Gasteiger partial charge is 0.478 e. The molecule has 1 saturated carbocycles. The highest BCUT2D eigenvalue weighted by Gasteiger charge is 2.21. The first-order valence-corrected chi connectivity index (χ1v) is 7.87. The Bertz CT molecular complexity index is 487. The van der Waals surface area contributed by atoms with Crippen molar-refractivity contribution in [3.63, 3.8) is 0 Å². The number of carboxylic acids is 1. The monoisotopic (exact) mass is 291 g/mol. The van der Waals surface area contributed by atoms with E-state index < -0.39 is 5.97 Å². The molecule has 0 aliphatic heterocycles. The van der Waals surface area contributed by atoms with Gasteiger partial charge in [-0.2, -0.15) is 0 Å². The van der Waals surface area contributed by atoms with Crippen molar-refractivity contribution < 1.29 is 15.0 Å². The number of aliphatic hydroxyl groups excluding tert-OH is 1. The Morgan fingerprint density at radius 2 is 1.90 bits per heavy atom. The molecule has 0 amide bonds. The van der Waals surface area contributed by atoms with E-state index in [2.05, 4.69) is 0 Å². The van der Waals surface area contributed by atoms with Gasteiger partial charge in [0, 0.05) is 5.69 Å². The average molecular weight is 291 g/mol. The average Bonchev–Trinajstić information content (AvgIpc) is 2.42. The third kappa shape index (κ3) is 4.46. The summed E-state index contributed by atoms with van der Waals surface area (Å²) in [4.78, 5) is 11.3. The van der Waals surface area contributed by atoms with E-state index in [1.807, 2.05) is 0 Å². The van der Waals surface area contributed by atoms with Crippen molar-refractivity contribution in [1.82, 2.24) is 0 Å². The Morgan fingerprint density at radius 1 is 1.19 bits per heavy atom. The zero-order chi connectivity index (χ0) is 15.2. The number of anilines is 1. The summed E-state index contributed by atoms with van der Waals surface area (Å²) in [7, 11) is 0. The highest BCUT2D eigenvalue weighted by Crippen LogP contribution is 2.27. The number of carboxylic acid groups (broad SMARTS) is 1. The number of hydrogen-bond acceptors (Lipinski definition) is 3. The molecule has 2 unspecified atom stereocenters. The van der Waals surface area contributed by atoms with E-state index in [9.17, 15) is 15.0 Å². The maximum atomic E-state index is 11.3. The molecule has 0 heterocycles. The van der Waals surface area contributed by atoms with Gasteiger partial charge in [-0.15, -0.1) is 0 Å². The lowest BCUT2D eigenvalue weighted by molar-refractivity contribution is 0.0694. The van der Waals surface area contributed by atoms with Crippen LogP contribution < -0.4 is 5.73 Å². The van der Waals surface area contributed by atoms with Crippen LogP contribution in [0.5, 0.6) is 0 Å². The number of benzene rings is 1. The smallest absolute Gasteiger partial charge is 0.335 e. The molecule has 2 rings (SSSR count). The summed E-state index contributed by atoms with van der Waals surface area (Å²) < 4.78 is 0. The number of aryl methyl sites for hydroxylation is 1. The Labute approximate surface area is 126 Å². The second-order valence-electron chi connectivity index (χ2n) is 6.08. The zero-order valence-corrected chi connectivity index (χ0v) is 12.4. The van der Waals surface area contributed by atoms with E-state index >= 15 is 0 Å². The van der Waals surface area contributed by atoms with E-state index in [1.165, 1.54) is 12.8 Å². The lowest BCUT2D eigenvalue weighted by Gasteiger charge is -2.25. The van der Waals surface area contributed by atoms with Gasteiger partial charge in [0.25, 0.3) is 0 Å². The molecule has 1 fully saturated rings. The van der Waals surface area contributed by atoms with Gasteiger partial charge in [-0.3, -0.25) is 0 Å². The third-order valence-corrected chi connectivity index (χ3v) is 4.51. The van der Waals surface area contributed by atoms with Crippen molar-refractivity contribution in [3.05, 3.63) is 29.3 Å². The minimum atomic E-state index is -0.914. The lowest BCUT2D eigenvalue weighted by atomic mass is 9.84. The summed E-state index contributed by atoms with van der Waals surface area (Å²) in [5.41, 5.74) is 7.46. The summed E-state index contributed by atoms with van der Waals surface area (Å²) in [6.07, 6.45) is 7.84. The SMILES string of the molecule is Nc1ccc(C(=O)O)c(CCC2CCCCCCC2O)c1. The first-order valence-electron chi connectivity index (χ1n) is 7.87. The number of nitrogens with two attached hydrogens (primary N) is 1. The van der Waals surface area contributed by atoms with Gasteiger partial charge in [-0.25, -0.2) is 4.79 Å². The van der Waals surface area contributed by atoms with Crippen molar-refractivity contribution in [3.8, 4) is 0 Å². The van der Waals surface area contributed by atoms with Crippen molar-refractivity contribution >= 4 is 11.7 Å². The van der Waals surface area contributed by atoms with Crippen LogP contribution in [0.3, 0.4) is 0 Å². The molecule has 2 atom stereocenters. The molecule has 1 aliphatic carbocycles. The maximum absolute atomic E-state index is 11.3. The van der Waals surface area contributed by atoms with Gasteiger partial charge < -0.3 is 15.9 Å². The van der Waals surface area contributed by atoms with Crippen LogP contribution >= 0.6 is 0 Å². The van der Waals surface area contributed by atoms with Crippen molar-refractivity contribution in [1.29, 1.82) is 0 Å². The van der Waals surface area contributed by atoms with E-state index in [-0.39, 0.29) is 12.0 Å². The number of aliphatic hydroxyl groups is 1. The fourth-order valence-corrected chi connectivity index (χ4v) is 3.25. The van der Waals surface area contributed by atoms with Crippen LogP contribution in [0.15, 0.2) is 18.2 Å². The summed E-state index contributed by atoms with van der Waals surface area (Å²) in [5.74, 6) is -0.642. The first-order chi connectivity index (χ1) is 10.1. The Balaban J connectivity index is 2.04. The van der Waals surface area contributed by atoms with E-state index in [1.54, 1.807) is 18.2 Å². The van der Waals surface area contributed by atoms with Crippen molar-refractivity contribution in [2.45, 2.75) is 57.5 Å². The number of hydrogen-bond donors (Lipinski definition) is 3. The molecule has 1 aliphatic rings. The molecule has 0 spiro atoms. The van der Waals surface area contributed by atoms with Crippen molar-refractivity contribution in [2.24, 2.45) is 5.92 Å². The first kappa shape index (κ1) is 15.8. The number of nitrogen functional groups attached to an aromatic ring is 1. The molecule has 0 radical (unpaired) electrons. The summed E-state index contributed by atoms with van der Waals surface area (Å²) in [5, 5.41) is 19.5. The van der Waals surface area contributed by atoms with Gasteiger partial charge in [0.2, 0.25) is 0 Å². The topological polar surface area (TPSA) is 83.6 Å². The minimum absolute atomic E-state index is 0.250. The number of rotatable bonds is 4. The molecule has 0 saturated heterocycles. The quantitative estimate of drug-likeness (QED) is 0.744. The third-order valence-electron chi connectivity index (χ3n) is 4.51. The van der Waals surface area contributed by atoms with Gasteiger partial charge >= 0.3 is 5.97 Å². The van der Waals surface area contributed by atoms with E-state index in [4.69, 9.17) is 5.73 Å². The van der Waals surface area contributed by atoms with E-state index in [0.29, 0.717) is 17.7 Å². The molecule has 1 aromatic rings. The van der Waals surface area contributed by atoms with Crippen LogP contribution in [-0.2, 0) is 6.42 Å². The fraction of sp³-hybridized carbons (Fsp3) is 0.588. The van der Waals surface area contributed by atoms with Gasteiger partial charge in [-0.05, 0) is 55.4 Å². The summed E-state index contributed by atoms with van der Waals surface area (Å²) in [6.45, 7) is 0. The van der Waals surface area contributed by atoms with Crippen LogP contribution in [0.1, 0.15) is 60.9 Å². The Morgan fingerprint density at radius 3 is 2.62 bits per heavy atom. The van der Waals surface area contributed by atoms with Crippen LogP contribution in [0.2, 0.25) is 0 Å². The summed E-state index contributed by atoms with van der Waals surface area (Å²) in [6, 6.07) is 4.94. The molecule has 4 N–H and O–H groups in total. The van der Waals surface area contributed by atoms with Crippen molar-refractivity contribution in [2.75, 3.05) is 5.73 Å². The van der Waals surface area contributed by atoms with Crippen LogP contribution in [0.4, 0.5) is 5.69 Å². The number of carbonyl (C=O) groups is 1. The molecule has 0 aromatic heterocycles. The van der Waals surface area contributed by atoms with Crippen LogP contribution in [0, 0.1) is 5.92 Å². The predicted molar refractivity (Wildman–Crippen MR) is 83.3 cm³/mol. The molecule has 0 bridgehead atoms. The van der Waals surface area contributed by atoms with Gasteiger partial charge in [0.15, 0.2) is 0 Å². The van der Waals surface area contributed by atoms with E-state index in [0.717, 1.165) is 37.7 Å². The second-order valence-corrected chi connectivity index (χ2v) is 6.08. The van der Waals surface area contributed by atoms with Gasteiger partial charge in [0.05, 0.1) is 11.7 Å². The lowest BCUT2D eigenvalue weighted by Crippen LogP contribution is -2.22. The van der Waals surface area contributed by atoms with Gasteiger partial charge in [0.1, 0.15) is 0 Å². The molecule has 4 heteroatoms. The number of aromatic carboxylic acids is 1. The molecule has 1 aromatic carbocycles. The molecule has 116 valence electrons. The molecule has 21 heavy (non-hydrogen) atoms. The Hall–Kier alpha value is -1.55. The fourth-order valence-electron chi connectivity index (χ4n) is 3.25. The standard InChI is InChI=1S/C17H25NO3/c18-14-9-10-15(17(20)21)13(11-14)8-7-12-5-3-1-2-4-6-16(12)19/h9-12,16,19H,1-8,18H2,(H,20,21). The maximum Gasteiger partial charge on any atom is 0.335 e. The second kappa shape index (κ2) is 7.46.